The molecule has 7 heteroatoms. The van der Waals surface area contributed by atoms with Crippen molar-refractivity contribution in [2.45, 2.75) is 31.8 Å². The fourth-order valence-corrected chi connectivity index (χ4v) is 3.71. The summed E-state index contributed by atoms with van der Waals surface area (Å²) in [4.78, 5) is 40.0. The van der Waals surface area contributed by atoms with E-state index in [9.17, 15) is 14.4 Å². The van der Waals surface area contributed by atoms with E-state index in [0.717, 1.165) is 35.0 Å². The van der Waals surface area contributed by atoms with Crippen LogP contribution < -0.4 is 22.3 Å². The number of amides is 1. The average Bonchev–Trinajstić information content (AvgIpc) is 2.65. The van der Waals surface area contributed by atoms with Crippen LogP contribution in [0.5, 0.6) is 0 Å². The maximum absolute atomic E-state index is 12.6. The predicted octanol–water partition coefficient (Wildman–Crippen LogP) is 1.47. The van der Waals surface area contributed by atoms with Crippen LogP contribution in [0.3, 0.4) is 0 Å². The van der Waals surface area contributed by atoms with E-state index < -0.39 is 11.2 Å². The number of nitrogens with two attached hydrogens (primary N) is 1. The maximum atomic E-state index is 12.6. The number of rotatable bonds is 3. The molecule has 0 bridgehead atoms. The number of benzene rings is 2. The number of nitrogen functional groups attached to an aromatic ring is 1. The van der Waals surface area contributed by atoms with Crippen LogP contribution in [0.15, 0.2) is 52.1 Å². The minimum atomic E-state index is -0.592. The first-order chi connectivity index (χ1) is 13.0. The second-order valence-electron chi connectivity index (χ2n) is 6.84. The summed E-state index contributed by atoms with van der Waals surface area (Å²) in [7, 11) is 0. The molecule has 0 spiro atoms. The molecule has 27 heavy (non-hydrogen) atoms. The number of aromatic amines is 1. The summed E-state index contributed by atoms with van der Waals surface area (Å²) >= 11 is 0. The first-order valence-corrected chi connectivity index (χ1v) is 8.92. The number of nitrogens with one attached hydrogen (secondary N) is 2. The number of H-pyrrole nitrogens is 1. The van der Waals surface area contributed by atoms with Gasteiger partial charge in [0.15, 0.2) is 0 Å². The third kappa shape index (κ3) is 3.23. The standard InChI is InChI=1S/C20H20N4O3/c21-13-8-9-14-12(10-13)4-3-7-16(14)22-18(25)11-24-19(26)15-5-1-2-6-17(15)23-20(24)27/h1-2,5-6,8-10,16H,3-4,7,11,21H2,(H,22,25)(H,23,27). The van der Waals surface area contributed by atoms with Crippen LogP contribution in [-0.2, 0) is 17.8 Å². The van der Waals surface area contributed by atoms with Gasteiger partial charge in [0, 0.05) is 5.69 Å². The van der Waals surface area contributed by atoms with Crippen molar-refractivity contribution < 1.29 is 4.79 Å². The van der Waals surface area contributed by atoms with E-state index in [1.807, 2.05) is 18.2 Å². The average molecular weight is 364 g/mol. The van der Waals surface area contributed by atoms with E-state index in [4.69, 9.17) is 5.73 Å². The minimum Gasteiger partial charge on any atom is -0.399 e. The summed E-state index contributed by atoms with van der Waals surface area (Å²) in [6, 6.07) is 12.3. The fourth-order valence-electron chi connectivity index (χ4n) is 3.71. The molecule has 2 aromatic carbocycles. The number of aryl methyl sites for hydroxylation is 1. The Hall–Kier alpha value is -3.35. The molecule has 7 nitrogen and oxygen atoms in total. The van der Waals surface area contributed by atoms with E-state index in [1.165, 1.54) is 0 Å². The number of nitrogens with zero attached hydrogens (tertiary/aromatic N) is 1. The second-order valence-corrected chi connectivity index (χ2v) is 6.84. The molecule has 1 aromatic heterocycles. The number of carbonyl (C=O) groups excluding carboxylic acids is 1. The van der Waals surface area contributed by atoms with Crippen molar-refractivity contribution in [2.24, 2.45) is 0 Å². The number of fused-ring (bicyclic) bond motifs is 2. The Kier molecular flexibility index (Phi) is 4.27. The summed E-state index contributed by atoms with van der Waals surface area (Å²) in [5, 5.41) is 3.33. The lowest BCUT2D eigenvalue weighted by molar-refractivity contribution is -0.122. The third-order valence-electron chi connectivity index (χ3n) is 5.01. The molecule has 1 heterocycles. The third-order valence-corrected chi connectivity index (χ3v) is 5.01. The topological polar surface area (TPSA) is 110 Å². The maximum Gasteiger partial charge on any atom is 0.329 e. The molecule has 0 aliphatic heterocycles. The molecular formula is C20H20N4O3. The van der Waals surface area contributed by atoms with Gasteiger partial charge in [0.1, 0.15) is 6.54 Å². The van der Waals surface area contributed by atoms with Crippen molar-refractivity contribution in [3.8, 4) is 0 Å². The molecule has 138 valence electrons. The van der Waals surface area contributed by atoms with Gasteiger partial charge < -0.3 is 16.0 Å². The Balaban J connectivity index is 1.59. The predicted molar refractivity (Wildman–Crippen MR) is 104 cm³/mol. The minimum absolute atomic E-state index is 0.142. The van der Waals surface area contributed by atoms with E-state index in [-0.39, 0.29) is 18.5 Å². The van der Waals surface area contributed by atoms with Gasteiger partial charge in [0.25, 0.3) is 5.56 Å². The first kappa shape index (κ1) is 17.1. The molecule has 1 unspecified atom stereocenters. The van der Waals surface area contributed by atoms with E-state index in [2.05, 4.69) is 10.3 Å². The molecule has 4 rings (SSSR count). The van der Waals surface area contributed by atoms with Crippen LogP contribution in [0.2, 0.25) is 0 Å². The summed E-state index contributed by atoms with van der Waals surface area (Å²) < 4.78 is 0.935. The number of carbonyl (C=O) groups is 1. The normalized spacial score (nSPS) is 16.1. The van der Waals surface area contributed by atoms with Crippen molar-refractivity contribution >= 4 is 22.5 Å². The smallest absolute Gasteiger partial charge is 0.329 e. The Morgan fingerprint density at radius 2 is 2.04 bits per heavy atom. The van der Waals surface area contributed by atoms with Gasteiger partial charge in [-0.2, -0.15) is 0 Å². The highest BCUT2D eigenvalue weighted by Gasteiger charge is 2.22. The zero-order valence-corrected chi connectivity index (χ0v) is 14.7. The highest BCUT2D eigenvalue weighted by atomic mass is 16.2. The first-order valence-electron chi connectivity index (χ1n) is 8.92. The van der Waals surface area contributed by atoms with Gasteiger partial charge in [-0.15, -0.1) is 0 Å². The van der Waals surface area contributed by atoms with E-state index in [0.29, 0.717) is 16.6 Å². The molecular weight excluding hydrogens is 344 g/mol. The molecule has 0 fully saturated rings. The molecule has 3 aromatic rings. The summed E-state index contributed by atoms with van der Waals surface area (Å²) in [6.45, 7) is -0.320. The molecule has 1 amide bonds. The number of hydrogen-bond donors (Lipinski definition) is 3. The number of para-hydroxylation sites is 1. The SMILES string of the molecule is Nc1ccc2c(c1)CCCC2NC(=O)Cn1c(=O)[nH]c2ccccc2c1=O. The van der Waals surface area contributed by atoms with E-state index in [1.54, 1.807) is 24.3 Å². The van der Waals surface area contributed by atoms with Crippen LogP contribution in [0, 0.1) is 0 Å². The van der Waals surface area contributed by atoms with Crippen molar-refractivity contribution in [3.63, 3.8) is 0 Å². The van der Waals surface area contributed by atoms with Gasteiger partial charge in [-0.1, -0.05) is 18.2 Å². The lowest BCUT2D eigenvalue weighted by Crippen LogP contribution is -2.41. The zero-order chi connectivity index (χ0) is 19.0. The van der Waals surface area contributed by atoms with E-state index >= 15 is 0 Å². The van der Waals surface area contributed by atoms with Crippen molar-refractivity contribution in [2.75, 3.05) is 5.73 Å². The summed E-state index contributed by atoms with van der Waals surface area (Å²) in [6.07, 6.45) is 2.68. The molecule has 0 saturated carbocycles. The number of aromatic nitrogens is 2. The Labute approximate surface area is 154 Å². The summed E-state index contributed by atoms with van der Waals surface area (Å²) in [5.41, 5.74) is 8.12. The highest BCUT2D eigenvalue weighted by molar-refractivity contribution is 5.79. The summed E-state index contributed by atoms with van der Waals surface area (Å²) in [5.74, 6) is -0.368. The number of hydrogen-bond acceptors (Lipinski definition) is 4. The molecule has 1 aliphatic rings. The Morgan fingerprint density at radius 3 is 2.89 bits per heavy atom. The van der Waals surface area contributed by atoms with Gasteiger partial charge in [-0.25, -0.2) is 4.79 Å². The number of anilines is 1. The highest BCUT2D eigenvalue weighted by Crippen LogP contribution is 2.30. The Morgan fingerprint density at radius 1 is 1.22 bits per heavy atom. The molecule has 4 N–H and O–H groups in total. The van der Waals surface area contributed by atoms with Crippen molar-refractivity contribution in [3.05, 3.63) is 74.4 Å². The van der Waals surface area contributed by atoms with Crippen LogP contribution in [0.4, 0.5) is 5.69 Å². The molecule has 0 saturated heterocycles. The monoisotopic (exact) mass is 364 g/mol. The van der Waals surface area contributed by atoms with Crippen LogP contribution in [0.1, 0.15) is 30.0 Å². The van der Waals surface area contributed by atoms with Gasteiger partial charge in [0.05, 0.1) is 16.9 Å². The van der Waals surface area contributed by atoms with Crippen LogP contribution in [0.25, 0.3) is 10.9 Å². The quantitative estimate of drug-likeness (QED) is 0.611. The molecule has 1 atom stereocenters. The molecule has 0 radical (unpaired) electrons. The fraction of sp³-hybridized carbons (Fsp3) is 0.250. The molecule has 1 aliphatic carbocycles. The van der Waals surface area contributed by atoms with Crippen LogP contribution in [-0.4, -0.2) is 15.5 Å². The van der Waals surface area contributed by atoms with Gasteiger partial charge in [0.2, 0.25) is 5.91 Å². The second kappa shape index (κ2) is 6.75. The van der Waals surface area contributed by atoms with Gasteiger partial charge in [-0.05, 0) is 54.7 Å². The zero-order valence-electron chi connectivity index (χ0n) is 14.7. The Bertz CT molecular complexity index is 1150. The van der Waals surface area contributed by atoms with Crippen LogP contribution >= 0.6 is 0 Å². The lowest BCUT2D eigenvalue weighted by Gasteiger charge is -2.26. The van der Waals surface area contributed by atoms with Gasteiger partial charge >= 0.3 is 5.69 Å². The lowest BCUT2D eigenvalue weighted by atomic mass is 9.87. The van der Waals surface area contributed by atoms with Crippen molar-refractivity contribution in [1.29, 1.82) is 0 Å². The van der Waals surface area contributed by atoms with Crippen molar-refractivity contribution in [1.82, 2.24) is 14.9 Å². The largest absolute Gasteiger partial charge is 0.399 e. The van der Waals surface area contributed by atoms with Gasteiger partial charge in [-0.3, -0.25) is 14.2 Å².